The largest absolute Gasteiger partial charge is 0.465 e. The van der Waals surface area contributed by atoms with Crippen LogP contribution < -0.4 is 5.32 Å². The number of esters is 1. The number of aromatic nitrogens is 3. The Kier molecular flexibility index (Phi) is 4.99. The number of hydrogen-bond acceptors (Lipinski definition) is 5. The molecular weight excluding hydrogens is 370 g/mol. The lowest BCUT2D eigenvalue weighted by molar-refractivity contribution is 0.0600. The summed E-state index contributed by atoms with van der Waals surface area (Å²) in [5, 5.41) is 2.94. The molecule has 148 valence electrons. The highest BCUT2D eigenvalue weighted by Crippen LogP contribution is 2.33. The van der Waals surface area contributed by atoms with Crippen molar-refractivity contribution in [2.45, 2.75) is 19.4 Å². The van der Waals surface area contributed by atoms with Crippen LogP contribution in [-0.2, 0) is 11.2 Å². The summed E-state index contributed by atoms with van der Waals surface area (Å²) in [6.07, 6.45) is 5.78. The molecule has 2 amide bonds. The lowest BCUT2D eigenvalue weighted by Crippen LogP contribution is -2.43. The third-order valence-electron chi connectivity index (χ3n) is 5.09. The summed E-state index contributed by atoms with van der Waals surface area (Å²) in [7, 11) is 1.33. The van der Waals surface area contributed by atoms with Crippen LogP contribution in [0.1, 0.15) is 38.9 Å². The monoisotopic (exact) mass is 391 g/mol. The number of H-pyrrole nitrogens is 1. The van der Waals surface area contributed by atoms with Gasteiger partial charge in [0.1, 0.15) is 6.04 Å². The van der Waals surface area contributed by atoms with Gasteiger partial charge in [-0.3, -0.25) is 4.98 Å². The number of pyridine rings is 1. The molecule has 1 aliphatic heterocycles. The minimum absolute atomic E-state index is 0.266. The number of aryl methyl sites for hydroxylation is 1. The number of rotatable bonds is 3. The van der Waals surface area contributed by atoms with Crippen LogP contribution in [0.15, 0.2) is 49.1 Å². The summed E-state index contributed by atoms with van der Waals surface area (Å²) in [6.45, 7) is 2.40. The van der Waals surface area contributed by atoms with E-state index in [4.69, 9.17) is 4.74 Å². The van der Waals surface area contributed by atoms with Gasteiger partial charge in [-0.2, -0.15) is 0 Å². The summed E-state index contributed by atoms with van der Waals surface area (Å²) < 4.78 is 4.78. The van der Waals surface area contributed by atoms with Crippen molar-refractivity contribution in [1.82, 2.24) is 19.9 Å². The average molecular weight is 391 g/mol. The lowest BCUT2D eigenvalue weighted by Gasteiger charge is -2.35. The van der Waals surface area contributed by atoms with Gasteiger partial charge in [0, 0.05) is 36.7 Å². The van der Waals surface area contributed by atoms with Crippen molar-refractivity contribution >= 4 is 17.7 Å². The van der Waals surface area contributed by atoms with Crippen LogP contribution >= 0.6 is 0 Å². The number of fused-ring (bicyclic) bond motifs is 1. The standard InChI is InChI=1S/C21H21N5O3/c1-13-5-6-14(20(27)29-2)10-17(13)25-21(28)26-9-7-16-18(24-12-23-16)19(26)15-4-3-8-22-11-15/h3-6,8,10-12,19H,7,9H2,1-2H3,(H,23,24)(H,25,28)/t19-/m1/s1. The second-order valence-corrected chi connectivity index (χ2v) is 6.85. The zero-order chi connectivity index (χ0) is 20.4. The Labute approximate surface area is 167 Å². The molecule has 0 bridgehead atoms. The summed E-state index contributed by atoms with van der Waals surface area (Å²) in [5.74, 6) is -0.451. The molecule has 8 nitrogen and oxygen atoms in total. The number of urea groups is 1. The predicted octanol–water partition coefficient (Wildman–Crippen LogP) is 3.08. The highest BCUT2D eigenvalue weighted by atomic mass is 16.5. The van der Waals surface area contributed by atoms with E-state index in [0.29, 0.717) is 24.2 Å². The first-order chi connectivity index (χ1) is 14.1. The first kappa shape index (κ1) is 18.7. The molecule has 29 heavy (non-hydrogen) atoms. The number of methoxy groups -OCH3 is 1. The molecular formula is C21H21N5O3. The van der Waals surface area contributed by atoms with Crippen molar-refractivity contribution in [3.8, 4) is 0 Å². The number of anilines is 1. The third-order valence-corrected chi connectivity index (χ3v) is 5.09. The van der Waals surface area contributed by atoms with Gasteiger partial charge in [0.05, 0.1) is 24.7 Å². The van der Waals surface area contributed by atoms with E-state index in [-0.39, 0.29) is 12.1 Å². The van der Waals surface area contributed by atoms with Gasteiger partial charge in [0.2, 0.25) is 0 Å². The van der Waals surface area contributed by atoms with Gasteiger partial charge in [-0.25, -0.2) is 14.6 Å². The van der Waals surface area contributed by atoms with E-state index in [1.54, 1.807) is 41.8 Å². The fourth-order valence-corrected chi connectivity index (χ4v) is 3.56. The topological polar surface area (TPSA) is 100 Å². The molecule has 3 aromatic rings. The van der Waals surface area contributed by atoms with Crippen LogP contribution in [-0.4, -0.2) is 45.5 Å². The second kappa shape index (κ2) is 7.75. The molecule has 0 unspecified atom stereocenters. The van der Waals surface area contributed by atoms with Crippen LogP contribution in [0.5, 0.6) is 0 Å². The fourth-order valence-electron chi connectivity index (χ4n) is 3.56. The summed E-state index contributed by atoms with van der Waals surface area (Å²) >= 11 is 0. The minimum atomic E-state index is -0.451. The van der Waals surface area contributed by atoms with Crippen LogP contribution in [0.25, 0.3) is 0 Å². The van der Waals surface area contributed by atoms with E-state index in [9.17, 15) is 9.59 Å². The van der Waals surface area contributed by atoms with Crippen molar-refractivity contribution in [2.75, 3.05) is 19.0 Å². The normalized spacial score (nSPS) is 15.5. The van der Waals surface area contributed by atoms with Gasteiger partial charge in [0.15, 0.2) is 0 Å². The van der Waals surface area contributed by atoms with E-state index in [2.05, 4.69) is 20.3 Å². The smallest absolute Gasteiger partial charge is 0.337 e. The number of imidazole rings is 1. The zero-order valence-electron chi connectivity index (χ0n) is 16.2. The minimum Gasteiger partial charge on any atom is -0.465 e. The number of carbonyl (C=O) groups excluding carboxylic acids is 2. The lowest BCUT2D eigenvalue weighted by atomic mass is 9.97. The average Bonchev–Trinajstić information content (AvgIpc) is 3.23. The number of ether oxygens (including phenoxy) is 1. The maximum atomic E-state index is 13.2. The number of hydrogen-bond donors (Lipinski definition) is 2. The molecule has 3 heterocycles. The first-order valence-electron chi connectivity index (χ1n) is 9.27. The van der Waals surface area contributed by atoms with Gasteiger partial charge in [-0.15, -0.1) is 0 Å². The van der Waals surface area contributed by atoms with E-state index in [1.807, 2.05) is 19.1 Å². The molecule has 4 rings (SSSR count). The van der Waals surface area contributed by atoms with Crippen molar-refractivity contribution in [3.05, 3.63) is 77.1 Å². The van der Waals surface area contributed by atoms with E-state index in [0.717, 1.165) is 22.5 Å². The van der Waals surface area contributed by atoms with E-state index >= 15 is 0 Å². The number of carbonyl (C=O) groups is 2. The first-order valence-corrected chi connectivity index (χ1v) is 9.27. The molecule has 8 heteroatoms. The maximum absolute atomic E-state index is 13.2. The number of amides is 2. The Morgan fingerprint density at radius 1 is 1.31 bits per heavy atom. The summed E-state index contributed by atoms with van der Waals surface area (Å²) in [6, 6.07) is 8.25. The Hall–Kier alpha value is -3.68. The van der Waals surface area contributed by atoms with Crippen LogP contribution in [0.3, 0.4) is 0 Å². The quantitative estimate of drug-likeness (QED) is 0.669. The molecule has 0 fully saturated rings. The van der Waals surface area contributed by atoms with Crippen molar-refractivity contribution in [1.29, 1.82) is 0 Å². The van der Waals surface area contributed by atoms with Crippen LogP contribution in [0.2, 0.25) is 0 Å². The zero-order valence-corrected chi connectivity index (χ0v) is 16.2. The summed E-state index contributed by atoms with van der Waals surface area (Å²) in [4.78, 5) is 38.6. The van der Waals surface area contributed by atoms with Crippen molar-refractivity contribution in [2.24, 2.45) is 0 Å². The fraction of sp³-hybridized carbons (Fsp3) is 0.238. The third kappa shape index (κ3) is 3.56. The number of nitrogens with one attached hydrogen (secondary N) is 2. The van der Waals surface area contributed by atoms with Crippen molar-refractivity contribution in [3.63, 3.8) is 0 Å². The van der Waals surface area contributed by atoms with Crippen molar-refractivity contribution < 1.29 is 14.3 Å². The highest BCUT2D eigenvalue weighted by Gasteiger charge is 2.34. The SMILES string of the molecule is COC(=O)c1ccc(C)c(NC(=O)N2CCc3[nH]cnc3[C@H]2c2cccnc2)c1. The Bertz CT molecular complexity index is 1050. The van der Waals surface area contributed by atoms with Gasteiger partial charge in [-0.1, -0.05) is 12.1 Å². The molecule has 1 atom stereocenters. The van der Waals surface area contributed by atoms with Gasteiger partial charge in [-0.05, 0) is 36.2 Å². The molecule has 1 aliphatic rings. The Morgan fingerprint density at radius 2 is 2.17 bits per heavy atom. The summed E-state index contributed by atoms with van der Waals surface area (Å²) in [5.41, 5.74) is 4.52. The molecule has 0 spiro atoms. The van der Waals surface area contributed by atoms with E-state index in [1.165, 1.54) is 7.11 Å². The van der Waals surface area contributed by atoms with Gasteiger partial charge in [0.25, 0.3) is 0 Å². The van der Waals surface area contributed by atoms with Gasteiger partial charge < -0.3 is 19.9 Å². The number of benzene rings is 1. The molecule has 1 aromatic carbocycles. The maximum Gasteiger partial charge on any atom is 0.337 e. The van der Waals surface area contributed by atoms with Gasteiger partial charge >= 0.3 is 12.0 Å². The predicted molar refractivity (Wildman–Crippen MR) is 107 cm³/mol. The molecule has 0 saturated carbocycles. The van der Waals surface area contributed by atoms with Crippen LogP contribution in [0, 0.1) is 6.92 Å². The molecule has 2 aromatic heterocycles. The molecule has 2 N–H and O–H groups in total. The highest BCUT2D eigenvalue weighted by molar-refractivity contribution is 5.95. The second-order valence-electron chi connectivity index (χ2n) is 6.85. The van der Waals surface area contributed by atoms with E-state index < -0.39 is 5.97 Å². The Morgan fingerprint density at radius 3 is 2.93 bits per heavy atom. The molecule has 0 aliphatic carbocycles. The molecule has 0 saturated heterocycles. The number of aromatic amines is 1. The Balaban J connectivity index is 1.65. The molecule has 0 radical (unpaired) electrons. The number of nitrogens with zero attached hydrogens (tertiary/aromatic N) is 3. The van der Waals surface area contributed by atoms with Crippen LogP contribution in [0.4, 0.5) is 10.5 Å².